The van der Waals surface area contributed by atoms with E-state index in [2.05, 4.69) is 25.8 Å². The van der Waals surface area contributed by atoms with Crippen molar-refractivity contribution < 1.29 is 9.53 Å². The lowest BCUT2D eigenvalue weighted by Crippen LogP contribution is -2.51. The number of ether oxygens (including phenoxy) is 1. The maximum atomic E-state index is 12.5. The minimum Gasteiger partial charge on any atom is -0.368 e. The van der Waals surface area contributed by atoms with E-state index in [0.29, 0.717) is 18.7 Å². The van der Waals surface area contributed by atoms with Crippen molar-refractivity contribution in [2.75, 3.05) is 25.5 Å². The van der Waals surface area contributed by atoms with Crippen molar-refractivity contribution >= 4 is 24.0 Å². The van der Waals surface area contributed by atoms with Gasteiger partial charge in [-0.1, -0.05) is 0 Å². The van der Waals surface area contributed by atoms with E-state index in [1.165, 1.54) is 6.33 Å². The molecule has 1 aromatic heterocycles. The van der Waals surface area contributed by atoms with Crippen LogP contribution in [-0.4, -0.2) is 46.9 Å². The zero-order chi connectivity index (χ0) is 15.4. The molecule has 3 rings (SSSR count). The van der Waals surface area contributed by atoms with Crippen LogP contribution in [0.25, 0.3) is 11.4 Å². The molecule has 0 spiro atoms. The fourth-order valence-electron chi connectivity index (χ4n) is 2.66. The van der Waals surface area contributed by atoms with Crippen LogP contribution in [0.5, 0.6) is 0 Å². The standard InChI is InChI=1S/C15H19N5O2.ClH/c1-22-15(6-8-16-9-7-15)14(21)19-12-4-2-11(3-5-12)13-17-10-18-20-13;/h2-5,10,16H,6-9H2,1H3,(H,19,21)(H,17,18,20);1H. The van der Waals surface area contributed by atoms with Gasteiger partial charge in [-0.25, -0.2) is 4.98 Å². The predicted molar refractivity (Wildman–Crippen MR) is 89.5 cm³/mol. The summed E-state index contributed by atoms with van der Waals surface area (Å²) in [4.78, 5) is 16.6. The Morgan fingerprint density at radius 3 is 2.52 bits per heavy atom. The molecule has 3 N–H and O–H groups in total. The van der Waals surface area contributed by atoms with Gasteiger partial charge in [-0.15, -0.1) is 12.4 Å². The first-order valence-corrected chi connectivity index (χ1v) is 7.27. The third-order valence-corrected chi connectivity index (χ3v) is 4.05. The molecule has 1 aliphatic heterocycles. The second-order valence-electron chi connectivity index (χ2n) is 5.31. The summed E-state index contributed by atoms with van der Waals surface area (Å²) in [6, 6.07) is 7.47. The van der Waals surface area contributed by atoms with Gasteiger partial charge in [0.1, 0.15) is 11.9 Å². The van der Waals surface area contributed by atoms with E-state index in [1.807, 2.05) is 24.3 Å². The highest BCUT2D eigenvalue weighted by Gasteiger charge is 2.39. The number of hydrogen-bond donors (Lipinski definition) is 3. The van der Waals surface area contributed by atoms with Crippen molar-refractivity contribution in [2.45, 2.75) is 18.4 Å². The van der Waals surface area contributed by atoms with Crippen LogP contribution in [0.2, 0.25) is 0 Å². The number of anilines is 1. The Morgan fingerprint density at radius 1 is 1.26 bits per heavy atom. The molecular weight excluding hydrogens is 318 g/mol. The van der Waals surface area contributed by atoms with Crippen LogP contribution in [0.15, 0.2) is 30.6 Å². The smallest absolute Gasteiger partial charge is 0.256 e. The molecule has 1 fully saturated rings. The number of piperidine rings is 1. The number of carbonyl (C=O) groups is 1. The number of rotatable bonds is 4. The second-order valence-corrected chi connectivity index (χ2v) is 5.31. The first-order valence-electron chi connectivity index (χ1n) is 7.27. The third kappa shape index (κ3) is 3.69. The maximum Gasteiger partial charge on any atom is 0.256 e. The Morgan fingerprint density at radius 2 is 1.96 bits per heavy atom. The van der Waals surface area contributed by atoms with Gasteiger partial charge in [0.25, 0.3) is 5.91 Å². The molecule has 2 heterocycles. The number of H-pyrrole nitrogens is 1. The Kier molecular flexibility index (Phi) is 5.70. The predicted octanol–water partition coefficient (Wildman–Crippen LogP) is 1.60. The summed E-state index contributed by atoms with van der Waals surface area (Å²) < 4.78 is 5.52. The van der Waals surface area contributed by atoms with Gasteiger partial charge >= 0.3 is 0 Å². The fourth-order valence-corrected chi connectivity index (χ4v) is 2.66. The number of carbonyl (C=O) groups excluding carboxylic acids is 1. The molecule has 2 aromatic rings. The first kappa shape index (κ1) is 17.4. The summed E-state index contributed by atoms with van der Waals surface area (Å²) >= 11 is 0. The number of amides is 1. The number of nitrogens with one attached hydrogen (secondary N) is 3. The van der Waals surface area contributed by atoms with Crippen LogP contribution in [0.1, 0.15) is 12.8 Å². The molecule has 7 nitrogen and oxygen atoms in total. The maximum absolute atomic E-state index is 12.5. The molecule has 23 heavy (non-hydrogen) atoms. The average molecular weight is 338 g/mol. The summed E-state index contributed by atoms with van der Waals surface area (Å²) in [5.74, 6) is 0.605. The number of methoxy groups -OCH3 is 1. The van der Waals surface area contributed by atoms with Crippen LogP contribution < -0.4 is 10.6 Å². The minimum absolute atomic E-state index is 0. The number of nitrogens with zero attached hydrogens (tertiary/aromatic N) is 2. The van der Waals surface area contributed by atoms with E-state index < -0.39 is 5.60 Å². The molecule has 1 saturated heterocycles. The Bertz CT molecular complexity index is 624. The van der Waals surface area contributed by atoms with Crippen molar-refractivity contribution in [2.24, 2.45) is 0 Å². The molecule has 0 atom stereocenters. The van der Waals surface area contributed by atoms with Gasteiger partial charge in [0, 0.05) is 18.4 Å². The molecule has 1 aliphatic rings. The highest BCUT2D eigenvalue weighted by molar-refractivity contribution is 5.97. The monoisotopic (exact) mass is 337 g/mol. The van der Waals surface area contributed by atoms with E-state index in [1.54, 1.807) is 7.11 Å². The number of hydrogen-bond acceptors (Lipinski definition) is 5. The van der Waals surface area contributed by atoms with Crippen LogP contribution in [0.3, 0.4) is 0 Å². The molecule has 0 bridgehead atoms. The summed E-state index contributed by atoms with van der Waals surface area (Å²) in [7, 11) is 1.60. The van der Waals surface area contributed by atoms with Crippen LogP contribution >= 0.6 is 12.4 Å². The topological polar surface area (TPSA) is 91.9 Å². The fraction of sp³-hybridized carbons (Fsp3) is 0.400. The molecule has 0 saturated carbocycles. The van der Waals surface area contributed by atoms with Crippen molar-refractivity contribution in [3.63, 3.8) is 0 Å². The van der Waals surface area contributed by atoms with Gasteiger partial charge in [0.05, 0.1) is 0 Å². The van der Waals surface area contributed by atoms with Crippen molar-refractivity contribution in [3.8, 4) is 11.4 Å². The number of aromatic nitrogens is 3. The zero-order valence-corrected chi connectivity index (χ0v) is 13.7. The quantitative estimate of drug-likeness (QED) is 0.788. The normalized spacial score (nSPS) is 16.4. The highest BCUT2D eigenvalue weighted by Crippen LogP contribution is 2.25. The lowest BCUT2D eigenvalue weighted by molar-refractivity contribution is -0.140. The van der Waals surface area contributed by atoms with Gasteiger partial charge in [0.2, 0.25) is 0 Å². The van der Waals surface area contributed by atoms with Gasteiger partial charge in [0.15, 0.2) is 5.82 Å². The largest absolute Gasteiger partial charge is 0.368 e. The van der Waals surface area contributed by atoms with E-state index in [0.717, 1.165) is 24.3 Å². The van der Waals surface area contributed by atoms with Crippen molar-refractivity contribution in [1.82, 2.24) is 20.5 Å². The van der Waals surface area contributed by atoms with Gasteiger partial charge in [-0.3, -0.25) is 9.89 Å². The molecule has 1 aromatic carbocycles. The van der Waals surface area contributed by atoms with Crippen molar-refractivity contribution in [1.29, 1.82) is 0 Å². The Labute approximate surface area is 140 Å². The SMILES string of the molecule is COC1(C(=O)Nc2ccc(-c3ncn[nH]3)cc2)CCNCC1.Cl. The Hall–Kier alpha value is -1.96. The lowest BCUT2D eigenvalue weighted by atomic mass is 9.91. The first-order chi connectivity index (χ1) is 10.7. The van der Waals surface area contributed by atoms with E-state index in [-0.39, 0.29) is 18.3 Å². The van der Waals surface area contributed by atoms with Gasteiger partial charge < -0.3 is 15.4 Å². The molecule has 124 valence electrons. The van der Waals surface area contributed by atoms with E-state index >= 15 is 0 Å². The van der Waals surface area contributed by atoms with Crippen LogP contribution in [-0.2, 0) is 9.53 Å². The van der Waals surface area contributed by atoms with Gasteiger partial charge in [-0.2, -0.15) is 5.10 Å². The van der Waals surface area contributed by atoms with E-state index in [4.69, 9.17) is 4.74 Å². The lowest BCUT2D eigenvalue weighted by Gasteiger charge is -2.34. The Balaban J connectivity index is 0.00000192. The highest BCUT2D eigenvalue weighted by atomic mass is 35.5. The average Bonchev–Trinajstić information content (AvgIpc) is 3.10. The zero-order valence-electron chi connectivity index (χ0n) is 12.8. The molecule has 0 aliphatic carbocycles. The molecule has 1 amide bonds. The molecule has 0 unspecified atom stereocenters. The number of halogens is 1. The molecule has 8 heteroatoms. The summed E-state index contributed by atoms with van der Waals surface area (Å²) in [5.41, 5.74) is 0.913. The van der Waals surface area contributed by atoms with Crippen molar-refractivity contribution in [3.05, 3.63) is 30.6 Å². The van der Waals surface area contributed by atoms with Gasteiger partial charge in [-0.05, 0) is 50.2 Å². The summed E-state index contributed by atoms with van der Waals surface area (Å²) in [6.07, 6.45) is 2.81. The summed E-state index contributed by atoms with van der Waals surface area (Å²) in [5, 5.41) is 12.8. The summed E-state index contributed by atoms with van der Waals surface area (Å²) in [6.45, 7) is 1.57. The molecule has 0 radical (unpaired) electrons. The van der Waals surface area contributed by atoms with Crippen LogP contribution in [0, 0.1) is 0 Å². The second kappa shape index (κ2) is 7.54. The minimum atomic E-state index is -0.741. The van der Waals surface area contributed by atoms with E-state index in [9.17, 15) is 4.79 Å². The number of benzene rings is 1. The molecular formula is C15H20ClN5O2. The van der Waals surface area contributed by atoms with Crippen LogP contribution in [0.4, 0.5) is 5.69 Å². The third-order valence-electron chi connectivity index (χ3n) is 4.05. The number of aromatic amines is 1.